The Morgan fingerprint density at radius 1 is 1.17 bits per heavy atom. The molecule has 0 saturated heterocycles. The number of para-hydroxylation sites is 1. The molecule has 0 atom stereocenters. The zero-order valence-electron chi connectivity index (χ0n) is 12.9. The van der Waals surface area contributed by atoms with E-state index in [1.54, 1.807) is 31.2 Å². The summed E-state index contributed by atoms with van der Waals surface area (Å²) < 4.78 is 18.1. The van der Waals surface area contributed by atoms with Crippen LogP contribution in [0.5, 0.6) is 5.75 Å². The maximum absolute atomic E-state index is 13.0. The molecule has 0 aliphatic carbocycles. The van der Waals surface area contributed by atoms with Gasteiger partial charge in [-0.05, 0) is 42.8 Å². The standard InChI is InChI=1S/C17H17FN2O3/c1-11-9-12(18)7-8-14(11)20-16(21)10-19-17(22)13-5-3-4-6-15(13)23-2/h3-9H,10H2,1-2H3,(H,19,22)(H,20,21). The molecule has 5 nitrogen and oxygen atoms in total. The van der Waals surface area contributed by atoms with E-state index in [4.69, 9.17) is 4.74 Å². The first-order chi connectivity index (χ1) is 11.0. The largest absolute Gasteiger partial charge is 0.496 e. The third-order valence-electron chi connectivity index (χ3n) is 3.22. The van der Waals surface area contributed by atoms with Crippen LogP contribution in [-0.4, -0.2) is 25.5 Å². The number of anilines is 1. The molecule has 2 aromatic rings. The van der Waals surface area contributed by atoms with Crippen LogP contribution in [0.4, 0.5) is 10.1 Å². The molecule has 2 rings (SSSR count). The summed E-state index contributed by atoms with van der Waals surface area (Å²) in [5.74, 6) is -0.749. The molecule has 0 bridgehead atoms. The second-order valence-corrected chi connectivity index (χ2v) is 4.89. The number of hydrogen-bond donors (Lipinski definition) is 2. The van der Waals surface area contributed by atoms with Crippen molar-refractivity contribution in [3.05, 3.63) is 59.4 Å². The number of rotatable bonds is 5. The highest BCUT2D eigenvalue weighted by Crippen LogP contribution is 2.17. The van der Waals surface area contributed by atoms with Crippen molar-refractivity contribution >= 4 is 17.5 Å². The molecule has 0 aliphatic rings. The predicted octanol–water partition coefficient (Wildman–Crippen LogP) is 2.51. The lowest BCUT2D eigenvalue weighted by atomic mass is 10.2. The van der Waals surface area contributed by atoms with Crippen LogP contribution in [0.15, 0.2) is 42.5 Å². The van der Waals surface area contributed by atoms with Gasteiger partial charge in [-0.25, -0.2) is 4.39 Å². The number of nitrogens with one attached hydrogen (secondary N) is 2. The highest BCUT2D eigenvalue weighted by molar-refractivity contribution is 6.01. The predicted molar refractivity (Wildman–Crippen MR) is 85.1 cm³/mol. The van der Waals surface area contributed by atoms with Crippen LogP contribution >= 0.6 is 0 Å². The second kappa shape index (κ2) is 7.40. The first-order valence-electron chi connectivity index (χ1n) is 6.98. The van der Waals surface area contributed by atoms with Gasteiger partial charge in [0.1, 0.15) is 11.6 Å². The number of methoxy groups -OCH3 is 1. The van der Waals surface area contributed by atoms with Crippen LogP contribution in [0.3, 0.4) is 0 Å². The zero-order chi connectivity index (χ0) is 16.8. The van der Waals surface area contributed by atoms with Crippen molar-refractivity contribution in [2.75, 3.05) is 19.0 Å². The molecule has 6 heteroatoms. The van der Waals surface area contributed by atoms with E-state index in [0.717, 1.165) is 0 Å². The lowest BCUT2D eigenvalue weighted by Gasteiger charge is -2.10. The molecule has 0 spiro atoms. The molecule has 2 amide bonds. The number of carbonyl (C=O) groups excluding carboxylic acids is 2. The molecular weight excluding hydrogens is 299 g/mol. The fourth-order valence-electron chi connectivity index (χ4n) is 2.05. The van der Waals surface area contributed by atoms with Gasteiger partial charge >= 0.3 is 0 Å². The highest BCUT2D eigenvalue weighted by atomic mass is 19.1. The van der Waals surface area contributed by atoms with Gasteiger partial charge in [-0.1, -0.05) is 12.1 Å². The monoisotopic (exact) mass is 316 g/mol. The number of benzene rings is 2. The van der Waals surface area contributed by atoms with Gasteiger partial charge in [0.2, 0.25) is 5.91 Å². The molecule has 0 radical (unpaired) electrons. The molecule has 23 heavy (non-hydrogen) atoms. The third-order valence-corrected chi connectivity index (χ3v) is 3.22. The van der Waals surface area contributed by atoms with Gasteiger partial charge in [-0.2, -0.15) is 0 Å². The summed E-state index contributed by atoms with van der Waals surface area (Å²) in [7, 11) is 1.47. The number of aryl methyl sites for hydroxylation is 1. The van der Waals surface area contributed by atoms with Crippen molar-refractivity contribution in [3.8, 4) is 5.75 Å². The van der Waals surface area contributed by atoms with E-state index in [0.29, 0.717) is 22.6 Å². The van der Waals surface area contributed by atoms with Crippen LogP contribution in [0.1, 0.15) is 15.9 Å². The Morgan fingerprint density at radius 3 is 2.61 bits per heavy atom. The minimum absolute atomic E-state index is 0.201. The van der Waals surface area contributed by atoms with Gasteiger partial charge in [0, 0.05) is 5.69 Å². The Balaban J connectivity index is 1.95. The first kappa shape index (κ1) is 16.5. The maximum Gasteiger partial charge on any atom is 0.255 e. The molecule has 2 N–H and O–H groups in total. The van der Waals surface area contributed by atoms with Crippen LogP contribution in [0.25, 0.3) is 0 Å². The van der Waals surface area contributed by atoms with Crippen LogP contribution in [0, 0.1) is 12.7 Å². The van der Waals surface area contributed by atoms with E-state index in [-0.39, 0.29) is 12.4 Å². The minimum atomic E-state index is -0.409. The SMILES string of the molecule is COc1ccccc1C(=O)NCC(=O)Nc1ccc(F)cc1C. The number of amides is 2. The van der Waals surface area contributed by atoms with Crippen LogP contribution in [0.2, 0.25) is 0 Å². The Bertz CT molecular complexity index is 732. The number of ether oxygens (including phenoxy) is 1. The van der Waals surface area contributed by atoms with Gasteiger partial charge in [0.15, 0.2) is 0 Å². The fourth-order valence-corrected chi connectivity index (χ4v) is 2.05. The van der Waals surface area contributed by atoms with Gasteiger partial charge in [0.25, 0.3) is 5.91 Å². The average molecular weight is 316 g/mol. The third kappa shape index (κ3) is 4.29. The molecule has 120 valence electrons. The summed E-state index contributed by atoms with van der Waals surface area (Å²) in [6, 6.07) is 10.8. The van der Waals surface area contributed by atoms with E-state index in [1.807, 2.05) is 0 Å². The van der Waals surface area contributed by atoms with Gasteiger partial charge < -0.3 is 15.4 Å². The van der Waals surface area contributed by atoms with Gasteiger partial charge in [-0.3, -0.25) is 9.59 Å². The maximum atomic E-state index is 13.0. The number of hydrogen-bond acceptors (Lipinski definition) is 3. The summed E-state index contributed by atoms with van der Waals surface area (Å²) in [5.41, 5.74) is 1.46. The van der Waals surface area contributed by atoms with E-state index in [1.165, 1.54) is 25.3 Å². The summed E-state index contributed by atoms with van der Waals surface area (Å²) in [6.45, 7) is 1.49. The van der Waals surface area contributed by atoms with E-state index >= 15 is 0 Å². The number of carbonyl (C=O) groups is 2. The van der Waals surface area contributed by atoms with Crippen LogP contribution < -0.4 is 15.4 Å². The summed E-state index contributed by atoms with van der Waals surface area (Å²) in [6.07, 6.45) is 0. The summed E-state index contributed by atoms with van der Waals surface area (Å²) in [4.78, 5) is 24.0. The molecular formula is C17H17FN2O3. The van der Waals surface area contributed by atoms with Crippen molar-refractivity contribution in [3.63, 3.8) is 0 Å². The Morgan fingerprint density at radius 2 is 1.91 bits per heavy atom. The van der Waals surface area contributed by atoms with E-state index in [9.17, 15) is 14.0 Å². The normalized spacial score (nSPS) is 10.0. The lowest BCUT2D eigenvalue weighted by Crippen LogP contribution is -2.33. The number of halogens is 1. The van der Waals surface area contributed by atoms with E-state index < -0.39 is 11.8 Å². The highest BCUT2D eigenvalue weighted by Gasteiger charge is 2.13. The Labute approximate surface area is 133 Å². The summed E-state index contributed by atoms with van der Waals surface area (Å²) >= 11 is 0. The molecule has 0 fully saturated rings. The van der Waals surface area contributed by atoms with Gasteiger partial charge in [-0.15, -0.1) is 0 Å². The van der Waals surface area contributed by atoms with Crippen molar-refractivity contribution in [2.24, 2.45) is 0 Å². The molecule has 0 heterocycles. The van der Waals surface area contributed by atoms with Crippen molar-refractivity contribution < 1.29 is 18.7 Å². The second-order valence-electron chi connectivity index (χ2n) is 4.89. The first-order valence-corrected chi connectivity index (χ1v) is 6.98. The topological polar surface area (TPSA) is 67.4 Å². The van der Waals surface area contributed by atoms with Crippen molar-refractivity contribution in [1.29, 1.82) is 0 Å². The molecule has 2 aromatic carbocycles. The Hall–Kier alpha value is -2.89. The van der Waals surface area contributed by atoms with Crippen LogP contribution in [-0.2, 0) is 4.79 Å². The minimum Gasteiger partial charge on any atom is -0.496 e. The van der Waals surface area contributed by atoms with E-state index in [2.05, 4.69) is 10.6 Å². The summed E-state index contributed by atoms with van der Waals surface area (Å²) in [5, 5.41) is 5.14. The molecule has 0 saturated carbocycles. The molecule has 0 aromatic heterocycles. The molecule has 0 aliphatic heterocycles. The molecule has 0 unspecified atom stereocenters. The fraction of sp³-hybridized carbons (Fsp3) is 0.176. The van der Waals surface area contributed by atoms with Crippen molar-refractivity contribution in [1.82, 2.24) is 5.32 Å². The lowest BCUT2D eigenvalue weighted by molar-refractivity contribution is -0.115. The smallest absolute Gasteiger partial charge is 0.255 e. The Kier molecular flexibility index (Phi) is 5.30. The van der Waals surface area contributed by atoms with Gasteiger partial charge in [0.05, 0.1) is 19.2 Å². The quantitative estimate of drug-likeness (QED) is 0.890. The van der Waals surface area contributed by atoms with Crippen molar-refractivity contribution in [2.45, 2.75) is 6.92 Å². The zero-order valence-corrected chi connectivity index (χ0v) is 12.9. The average Bonchev–Trinajstić information content (AvgIpc) is 2.55.